The number of furan rings is 1. The van der Waals surface area contributed by atoms with Crippen LogP contribution in [-0.2, 0) is 0 Å². The molecule has 5 nitrogen and oxygen atoms in total. The number of nitrogens with two attached hydrogens (primary N) is 1. The summed E-state index contributed by atoms with van der Waals surface area (Å²) in [4.78, 5) is 15.9. The van der Waals surface area contributed by atoms with E-state index in [0.29, 0.717) is 22.8 Å². The number of nitrogen functional groups attached to an aromatic ring is 1. The van der Waals surface area contributed by atoms with E-state index in [1.807, 2.05) is 6.92 Å². The molecule has 0 aliphatic rings. The summed E-state index contributed by atoms with van der Waals surface area (Å²) in [6.07, 6.45) is 3.00. The number of amides is 1. The highest BCUT2D eigenvalue weighted by Gasteiger charge is 2.12. The predicted octanol–water partition coefficient (Wildman–Crippen LogP) is 2.13. The van der Waals surface area contributed by atoms with Crippen molar-refractivity contribution in [1.82, 2.24) is 4.98 Å². The molecule has 2 aromatic rings. The van der Waals surface area contributed by atoms with Crippen LogP contribution in [0.25, 0.3) is 0 Å². The average molecular weight is 231 g/mol. The number of nitrogens with one attached hydrogen (secondary N) is 1. The number of rotatable bonds is 2. The number of hydrogen-bond donors (Lipinski definition) is 2. The molecule has 2 aromatic heterocycles. The van der Waals surface area contributed by atoms with E-state index in [-0.39, 0.29) is 5.91 Å². The van der Waals surface area contributed by atoms with Crippen molar-refractivity contribution >= 4 is 17.4 Å². The van der Waals surface area contributed by atoms with Crippen LogP contribution >= 0.6 is 0 Å². The maximum absolute atomic E-state index is 11.8. The lowest BCUT2D eigenvalue weighted by molar-refractivity contribution is 0.102. The van der Waals surface area contributed by atoms with Gasteiger partial charge in [-0.2, -0.15) is 0 Å². The molecule has 0 saturated heterocycles. The lowest BCUT2D eigenvalue weighted by Crippen LogP contribution is -2.13. The Morgan fingerprint density at radius 1 is 1.47 bits per heavy atom. The van der Waals surface area contributed by atoms with Gasteiger partial charge in [0.1, 0.15) is 11.6 Å². The minimum absolute atomic E-state index is 0.243. The number of aryl methyl sites for hydroxylation is 2. The minimum atomic E-state index is -0.243. The second-order valence-corrected chi connectivity index (χ2v) is 3.77. The fourth-order valence-electron chi connectivity index (χ4n) is 1.44. The maximum Gasteiger partial charge on any atom is 0.260 e. The Kier molecular flexibility index (Phi) is 2.82. The van der Waals surface area contributed by atoms with E-state index in [4.69, 9.17) is 10.2 Å². The zero-order chi connectivity index (χ0) is 12.4. The molecule has 0 spiro atoms. The molecule has 3 N–H and O–H groups in total. The largest absolute Gasteiger partial charge is 0.469 e. The Labute approximate surface area is 98.6 Å². The van der Waals surface area contributed by atoms with Crippen LogP contribution in [-0.4, -0.2) is 10.9 Å². The van der Waals surface area contributed by atoms with Gasteiger partial charge < -0.3 is 15.5 Å². The molecule has 5 heteroatoms. The highest BCUT2D eigenvalue weighted by atomic mass is 16.3. The van der Waals surface area contributed by atoms with Gasteiger partial charge in [-0.15, -0.1) is 0 Å². The lowest BCUT2D eigenvalue weighted by atomic mass is 10.2. The third-order valence-corrected chi connectivity index (χ3v) is 2.50. The van der Waals surface area contributed by atoms with E-state index in [0.717, 1.165) is 5.56 Å². The number of aromatic nitrogens is 1. The summed E-state index contributed by atoms with van der Waals surface area (Å²) in [7, 11) is 0. The third kappa shape index (κ3) is 2.28. The summed E-state index contributed by atoms with van der Waals surface area (Å²) >= 11 is 0. The standard InChI is InChI=1S/C12H13N3O2/c1-7-5-11(14-6-10(7)13)15-12(16)9-3-4-17-8(9)2/h3-6H,13H2,1-2H3,(H,14,15,16). The third-order valence-electron chi connectivity index (χ3n) is 2.50. The molecule has 0 radical (unpaired) electrons. The van der Waals surface area contributed by atoms with E-state index in [9.17, 15) is 4.79 Å². The minimum Gasteiger partial charge on any atom is -0.469 e. The molecule has 0 fully saturated rings. The smallest absolute Gasteiger partial charge is 0.260 e. The highest BCUT2D eigenvalue weighted by molar-refractivity contribution is 6.04. The molecule has 0 bridgehead atoms. The first-order valence-corrected chi connectivity index (χ1v) is 5.15. The molecule has 1 amide bonds. The topological polar surface area (TPSA) is 81.2 Å². The molecule has 0 aromatic carbocycles. The van der Waals surface area contributed by atoms with Gasteiger partial charge in [-0.3, -0.25) is 4.79 Å². The Bertz CT molecular complexity index is 561. The van der Waals surface area contributed by atoms with Crippen molar-refractivity contribution < 1.29 is 9.21 Å². The number of anilines is 2. The van der Waals surface area contributed by atoms with Crippen LogP contribution in [0.2, 0.25) is 0 Å². The number of pyridine rings is 1. The van der Waals surface area contributed by atoms with Crippen LogP contribution in [0.15, 0.2) is 29.0 Å². The fourth-order valence-corrected chi connectivity index (χ4v) is 1.44. The SMILES string of the molecule is Cc1cc(NC(=O)c2ccoc2C)ncc1N. The zero-order valence-electron chi connectivity index (χ0n) is 9.65. The van der Waals surface area contributed by atoms with Gasteiger partial charge >= 0.3 is 0 Å². The van der Waals surface area contributed by atoms with Gasteiger partial charge in [0.15, 0.2) is 0 Å². The van der Waals surface area contributed by atoms with E-state index < -0.39 is 0 Å². The van der Waals surface area contributed by atoms with Crippen molar-refractivity contribution in [1.29, 1.82) is 0 Å². The molecule has 0 saturated carbocycles. The van der Waals surface area contributed by atoms with Crippen molar-refractivity contribution in [2.75, 3.05) is 11.1 Å². The van der Waals surface area contributed by atoms with E-state index >= 15 is 0 Å². The van der Waals surface area contributed by atoms with Crippen LogP contribution in [0.4, 0.5) is 11.5 Å². The molecule has 17 heavy (non-hydrogen) atoms. The van der Waals surface area contributed by atoms with Crippen molar-refractivity contribution in [3.63, 3.8) is 0 Å². The first-order valence-electron chi connectivity index (χ1n) is 5.15. The van der Waals surface area contributed by atoms with E-state index in [1.54, 1.807) is 19.1 Å². The van der Waals surface area contributed by atoms with E-state index in [2.05, 4.69) is 10.3 Å². The molecule has 2 rings (SSSR count). The van der Waals surface area contributed by atoms with Crippen LogP contribution in [0.5, 0.6) is 0 Å². The summed E-state index contributed by atoms with van der Waals surface area (Å²) in [6, 6.07) is 3.34. The summed E-state index contributed by atoms with van der Waals surface area (Å²) in [5.74, 6) is 0.810. The summed E-state index contributed by atoms with van der Waals surface area (Å²) in [6.45, 7) is 3.59. The quantitative estimate of drug-likeness (QED) is 0.829. The molecular formula is C12H13N3O2. The summed E-state index contributed by atoms with van der Waals surface area (Å²) in [5, 5.41) is 2.69. The van der Waals surface area contributed by atoms with Gasteiger partial charge in [0, 0.05) is 0 Å². The van der Waals surface area contributed by atoms with Crippen molar-refractivity contribution in [3.05, 3.63) is 41.5 Å². The Morgan fingerprint density at radius 2 is 2.24 bits per heavy atom. The van der Waals surface area contributed by atoms with Crippen LogP contribution in [0, 0.1) is 13.8 Å². The molecule has 2 heterocycles. The number of carbonyl (C=O) groups excluding carboxylic acids is 1. The summed E-state index contributed by atoms with van der Waals surface area (Å²) < 4.78 is 5.06. The van der Waals surface area contributed by atoms with Crippen molar-refractivity contribution in [2.24, 2.45) is 0 Å². The van der Waals surface area contributed by atoms with Crippen LogP contribution < -0.4 is 11.1 Å². The van der Waals surface area contributed by atoms with Crippen molar-refractivity contribution in [2.45, 2.75) is 13.8 Å². The predicted molar refractivity (Wildman–Crippen MR) is 64.8 cm³/mol. The highest BCUT2D eigenvalue weighted by Crippen LogP contribution is 2.15. The fraction of sp³-hybridized carbons (Fsp3) is 0.167. The molecule has 0 unspecified atom stereocenters. The Balaban J connectivity index is 2.19. The molecule has 0 aliphatic carbocycles. The van der Waals surface area contributed by atoms with Crippen LogP contribution in [0.3, 0.4) is 0 Å². The Hall–Kier alpha value is -2.30. The molecular weight excluding hydrogens is 218 g/mol. The molecule has 0 atom stereocenters. The van der Waals surface area contributed by atoms with Gasteiger partial charge in [-0.25, -0.2) is 4.98 Å². The Morgan fingerprint density at radius 3 is 2.82 bits per heavy atom. The van der Waals surface area contributed by atoms with Gasteiger partial charge in [-0.05, 0) is 31.5 Å². The van der Waals surface area contributed by atoms with Gasteiger partial charge in [0.25, 0.3) is 5.91 Å². The monoisotopic (exact) mass is 231 g/mol. The number of nitrogens with zero attached hydrogens (tertiary/aromatic N) is 1. The molecule has 88 valence electrons. The number of carbonyl (C=O) groups is 1. The number of hydrogen-bond acceptors (Lipinski definition) is 4. The normalized spacial score (nSPS) is 10.2. The first kappa shape index (κ1) is 11.2. The second kappa shape index (κ2) is 4.29. The maximum atomic E-state index is 11.8. The summed E-state index contributed by atoms with van der Waals surface area (Å²) in [5.41, 5.74) is 7.62. The zero-order valence-corrected chi connectivity index (χ0v) is 9.65. The second-order valence-electron chi connectivity index (χ2n) is 3.77. The average Bonchev–Trinajstić information content (AvgIpc) is 2.70. The lowest BCUT2D eigenvalue weighted by Gasteiger charge is -2.05. The van der Waals surface area contributed by atoms with Gasteiger partial charge in [-0.1, -0.05) is 0 Å². The van der Waals surface area contributed by atoms with E-state index in [1.165, 1.54) is 12.5 Å². The van der Waals surface area contributed by atoms with Crippen LogP contribution in [0.1, 0.15) is 21.7 Å². The first-order chi connectivity index (χ1) is 8.08. The molecule has 0 aliphatic heterocycles. The van der Waals surface area contributed by atoms with Gasteiger partial charge in [0.05, 0.1) is 23.7 Å². The van der Waals surface area contributed by atoms with Gasteiger partial charge in [0.2, 0.25) is 0 Å². The van der Waals surface area contributed by atoms with Crippen molar-refractivity contribution in [3.8, 4) is 0 Å².